The zero-order chi connectivity index (χ0) is 14.6. The molecule has 0 atom stereocenters. The van der Waals surface area contributed by atoms with Crippen LogP contribution in [0.5, 0.6) is 5.75 Å². The Morgan fingerprint density at radius 3 is 2.75 bits per heavy atom. The topological polar surface area (TPSA) is 47.6 Å². The van der Waals surface area contributed by atoms with E-state index in [-0.39, 0.29) is 12.6 Å². The fourth-order valence-electron chi connectivity index (χ4n) is 1.70. The summed E-state index contributed by atoms with van der Waals surface area (Å²) in [6.07, 6.45) is 3.00. The van der Waals surface area contributed by atoms with Gasteiger partial charge in [0.1, 0.15) is 5.75 Å². The number of carbonyl (C=O) groups excluding carboxylic acids is 1. The standard InChI is InChI=1S/C16H25NO3/c1-3-5-11-19-16(18)13-20-15-9-7-6-8-14(15)12-17-10-4-2/h6-9,17H,3-5,10-13H2,1-2H3. The van der Waals surface area contributed by atoms with E-state index < -0.39 is 0 Å². The van der Waals surface area contributed by atoms with Crippen molar-refractivity contribution in [2.24, 2.45) is 0 Å². The Hall–Kier alpha value is -1.55. The van der Waals surface area contributed by atoms with Crippen LogP contribution in [0.1, 0.15) is 38.7 Å². The lowest BCUT2D eigenvalue weighted by atomic mass is 10.2. The van der Waals surface area contributed by atoms with Crippen LogP contribution in [0.25, 0.3) is 0 Å². The van der Waals surface area contributed by atoms with Crippen LogP contribution in [-0.4, -0.2) is 25.7 Å². The minimum Gasteiger partial charge on any atom is -0.482 e. The highest BCUT2D eigenvalue weighted by atomic mass is 16.6. The first kappa shape index (κ1) is 16.5. The van der Waals surface area contributed by atoms with Crippen molar-refractivity contribution in [3.63, 3.8) is 0 Å². The van der Waals surface area contributed by atoms with Crippen LogP contribution in [0, 0.1) is 0 Å². The quantitative estimate of drug-likeness (QED) is 0.528. The lowest BCUT2D eigenvalue weighted by Crippen LogP contribution is -2.18. The van der Waals surface area contributed by atoms with E-state index in [0.29, 0.717) is 6.61 Å². The number of para-hydroxylation sites is 1. The van der Waals surface area contributed by atoms with Gasteiger partial charge in [0.25, 0.3) is 0 Å². The fraction of sp³-hybridized carbons (Fsp3) is 0.562. The van der Waals surface area contributed by atoms with Crippen LogP contribution in [0.2, 0.25) is 0 Å². The smallest absolute Gasteiger partial charge is 0.344 e. The normalized spacial score (nSPS) is 10.3. The van der Waals surface area contributed by atoms with E-state index in [9.17, 15) is 4.79 Å². The Balaban J connectivity index is 2.40. The summed E-state index contributed by atoms with van der Waals surface area (Å²) in [6.45, 7) is 6.33. The van der Waals surface area contributed by atoms with Gasteiger partial charge in [0.2, 0.25) is 0 Å². The van der Waals surface area contributed by atoms with E-state index in [4.69, 9.17) is 9.47 Å². The zero-order valence-electron chi connectivity index (χ0n) is 12.5. The zero-order valence-corrected chi connectivity index (χ0v) is 12.5. The predicted octanol–water partition coefficient (Wildman–Crippen LogP) is 2.91. The number of hydrogen-bond acceptors (Lipinski definition) is 4. The second-order valence-corrected chi connectivity index (χ2v) is 4.65. The predicted molar refractivity (Wildman–Crippen MR) is 79.8 cm³/mol. The molecule has 0 radical (unpaired) electrons. The van der Waals surface area contributed by atoms with E-state index >= 15 is 0 Å². The molecule has 0 spiro atoms. The monoisotopic (exact) mass is 279 g/mol. The Labute approximate surface area is 121 Å². The summed E-state index contributed by atoms with van der Waals surface area (Å²) in [5.41, 5.74) is 1.06. The molecule has 0 aliphatic rings. The number of unbranched alkanes of at least 4 members (excludes halogenated alkanes) is 1. The van der Waals surface area contributed by atoms with Crippen LogP contribution in [-0.2, 0) is 16.1 Å². The molecule has 0 aromatic heterocycles. The third-order valence-electron chi connectivity index (χ3n) is 2.82. The van der Waals surface area contributed by atoms with Crippen molar-refractivity contribution in [3.05, 3.63) is 29.8 Å². The van der Waals surface area contributed by atoms with Crippen LogP contribution in [0.15, 0.2) is 24.3 Å². The molecule has 0 aliphatic carbocycles. The maximum absolute atomic E-state index is 11.5. The largest absolute Gasteiger partial charge is 0.482 e. The molecular formula is C16H25NO3. The van der Waals surface area contributed by atoms with Crippen LogP contribution < -0.4 is 10.1 Å². The summed E-state index contributed by atoms with van der Waals surface area (Å²) in [5.74, 6) is 0.429. The summed E-state index contributed by atoms with van der Waals surface area (Å²) >= 11 is 0. The molecule has 1 aromatic rings. The molecule has 0 saturated heterocycles. The molecule has 0 unspecified atom stereocenters. The molecule has 0 saturated carbocycles. The summed E-state index contributed by atoms with van der Waals surface area (Å²) < 4.78 is 10.6. The van der Waals surface area contributed by atoms with Gasteiger partial charge in [-0.15, -0.1) is 0 Å². The van der Waals surface area contributed by atoms with Gasteiger partial charge in [-0.3, -0.25) is 0 Å². The Morgan fingerprint density at radius 1 is 1.20 bits per heavy atom. The maximum atomic E-state index is 11.5. The molecule has 4 nitrogen and oxygen atoms in total. The highest BCUT2D eigenvalue weighted by Gasteiger charge is 2.07. The first-order valence-corrected chi connectivity index (χ1v) is 7.35. The van der Waals surface area contributed by atoms with E-state index in [0.717, 1.165) is 43.7 Å². The van der Waals surface area contributed by atoms with Crippen molar-refractivity contribution in [1.82, 2.24) is 5.32 Å². The summed E-state index contributed by atoms with van der Waals surface area (Å²) in [7, 11) is 0. The second-order valence-electron chi connectivity index (χ2n) is 4.65. The van der Waals surface area contributed by atoms with Crippen LogP contribution in [0.3, 0.4) is 0 Å². The van der Waals surface area contributed by atoms with Gasteiger partial charge in [-0.1, -0.05) is 38.5 Å². The summed E-state index contributed by atoms with van der Waals surface area (Å²) in [6, 6.07) is 7.75. The molecule has 4 heteroatoms. The Kier molecular flexibility index (Phi) is 8.47. The average molecular weight is 279 g/mol. The number of hydrogen-bond donors (Lipinski definition) is 1. The molecule has 0 aliphatic heterocycles. The molecule has 0 heterocycles. The van der Waals surface area contributed by atoms with Gasteiger partial charge in [0.05, 0.1) is 6.61 Å². The van der Waals surface area contributed by atoms with Crippen molar-refractivity contribution in [3.8, 4) is 5.75 Å². The van der Waals surface area contributed by atoms with Crippen molar-refractivity contribution in [2.75, 3.05) is 19.8 Å². The first-order valence-electron chi connectivity index (χ1n) is 7.35. The molecule has 0 amide bonds. The molecule has 1 rings (SSSR count). The van der Waals surface area contributed by atoms with E-state index in [1.165, 1.54) is 0 Å². The van der Waals surface area contributed by atoms with Gasteiger partial charge >= 0.3 is 5.97 Å². The van der Waals surface area contributed by atoms with Crippen LogP contribution in [0.4, 0.5) is 0 Å². The lowest BCUT2D eigenvalue weighted by Gasteiger charge is -2.11. The van der Waals surface area contributed by atoms with Crippen molar-refractivity contribution in [2.45, 2.75) is 39.7 Å². The number of ether oxygens (including phenoxy) is 2. The average Bonchev–Trinajstić information content (AvgIpc) is 2.47. The first-order chi connectivity index (χ1) is 9.77. The number of benzene rings is 1. The third kappa shape index (κ3) is 6.57. The summed E-state index contributed by atoms with van der Waals surface area (Å²) in [4.78, 5) is 11.5. The third-order valence-corrected chi connectivity index (χ3v) is 2.82. The SMILES string of the molecule is CCCCOC(=O)COc1ccccc1CNCCC. The highest BCUT2D eigenvalue weighted by molar-refractivity contribution is 5.71. The fourth-order valence-corrected chi connectivity index (χ4v) is 1.70. The van der Waals surface area contributed by atoms with Gasteiger partial charge < -0.3 is 14.8 Å². The molecule has 20 heavy (non-hydrogen) atoms. The molecular weight excluding hydrogens is 254 g/mol. The molecule has 0 fully saturated rings. The lowest BCUT2D eigenvalue weighted by molar-refractivity contribution is -0.146. The number of carbonyl (C=O) groups is 1. The van der Waals surface area contributed by atoms with Gasteiger partial charge in [0.15, 0.2) is 6.61 Å². The highest BCUT2D eigenvalue weighted by Crippen LogP contribution is 2.17. The van der Waals surface area contributed by atoms with Crippen molar-refractivity contribution < 1.29 is 14.3 Å². The van der Waals surface area contributed by atoms with E-state index in [2.05, 4.69) is 19.2 Å². The second kappa shape index (κ2) is 10.3. The minimum absolute atomic E-state index is 0.0332. The van der Waals surface area contributed by atoms with Gasteiger partial charge in [0, 0.05) is 12.1 Å². The van der Waals surface area contributed by atoms with Crippen LogP contribution >= 0.6 is 0 Å². The van der Waals surface area contributed by atoms with E-state index in [1.54, 1.807) is 0 Å². The van der Waals surface area contributed by atoms with E-state index in [1.807, 2.05) is 24.3 Å². The Morgan fingerprint density at radius 2 is 2.00 bits per heavy atom. The molecule has 0 bridgehead atoms. The minimum atomic E-state index is -0.310. The number of rotatable bonds is 10. The summed E-state index contributed by atoms with van der Waals surface area (Å²) in [5, 5.41) is 3.33. The number of esters is 1. The molecule has 112 valence electrons. The molecule has 1 N–H and O–H groups in total. The Bertz CT molecular complexity index is 393. The van der Waals surface area contributed by atoms with Crippen molar-refractivity contribution >= 4 is 5.97 Å². The number of nitrogens with one attached hydrogen (secondary N) is 1. The maximum Gasteiger partial charge on any atom is 0.344 e. The van der Waals surface area contributed by atoms with Gasteiger partial charge in [-0.05, 0) is 25.5 Å². The van der Waals surface area contributed by atoms with Crippen molar-refractivity contribution in [1.29, 1.82) is 0 Å². The van der Waals surface area contributed by atoms with Gasteiger partial charge in [-0.2, -0.15) is 0 Å². The molecule has 1 aromatic carbocycles. The van der Waals surface area contributed by atoms with Gasteiger partial charge in [-0.25, -0.2) is 4.79 Å².